The average molecular weight is 248 g/mol. The summed E-state index contributed by atoms with van der Waals surface area (Å²) in [7, 11) is 1.72. The number of amides is 2. The zero-order valence-corrected chi connectivity index (χ0v) is 10.2. The lowest BCUT2D eigenvalue weighted by Crippen LogP contribution is -2.44. The van der Waals surface area contributed by atoms with Crippen LogP contribution in [0.15, 0.2) is 30.3 Å². The summed E-state index contributed by atoms with van der Waals surface area (Å²) in [4.78, 5) is 26.0. The van der Waals surface area contributed by atoms with Crippen molar-refractivity contribution < 1.29 is 14.7 Å². The van der Waals surface area contributed by atoms with E-state index >= 15 is 0 Å². The molecule has 1 saturated carbocycles. The molecule has 0 saturated heterocycles. The quantitative estimate of drug-likeness (QED) is 0.883. The number of carbonyl (C=O) groups is 2. The zero-order valence-electron chi connectivity index (χ0n) is 10.2. The van der Waals surface area contributed by atoms with Crippen molar-refractivity contribution in [1.82, 2.24) is 4.90 Å². The van der Waals surface area contributed by atoms with Crippen LogP contribution in [-0.2, 0) is 4.79 Å². The number of rotatable bonds is 4. The number of hydrogen-bond donors (Lipinski definition) is 1. The lowest BCUT2D eigenvalue weighted by molar-refractivity contribution is -0.135. The molecule has 0 unspecified atom stereocenters. The molecule has 5 heteroatoms. The van der Waals surface area contributed by atoms with Gasteiger partial charge in [-0.25, -0.2) is 4.79 Å². The Kier molecular flexibility index (Phi) is 3.50. The number of anilines is 1. The van der Waals surface area contributed by atoms with E-state index in [4.69, 9.17) is 5.11 Å². The molecule has 1 aromatic rings. The van der Waals surface area contributed by atoms with Crippen LogP contribution in [-0.4, -0.2) is 41.6 Å². The van der Waals surface area contributed by atoms with Crippen molar-refractivity contribution in [3.05, 3.63) is 30.3 Å². The molecule has 1 N–H and O–H groups in total. The van der Waals surface area contributed by atoms with Crippen LogP contribution in [0.4, 0.5) is 10.5 Å². The summed E-state index contributed by atoms with van der Waals surface area (Å²) in [6, 6.07) is 8.88. The molecule has 0 aromatic heterocycles. The van der Waals surface area contributed by atoms with E-state index < -0.39 is 5.97 Å². The van der Waals surface area contributed by atoms with Crippen molar-refractivity contribution in [3.8, 4) is 0 Å². The minimum absolute atomic E-state index is 0.258. The first kappa shape index (κ1) is 12.4. The van der Waals surface area contributed by atoms with Gasteiger partial charge in [0.1, 0.15) is 6.54 Å². The van der Waals surface area contributed by atoms with Crippen molar-refractivity contribution in [3.63, 3.8) is 0 Å². The lowest BCUT2D eigenvalue weighted by Gasteiger charge is -2.27. The number of benzene rings is 1. The third kappa shape index (κ3) is 2.80. The van der Waals surface area contributed by atoms with E-state index in [1.807, 2.05) is 6.07 Å². The Morgan fingerprint density at radius 3 is 2.39 bits per heavy atom. The number of aliphatic carboxylic acids is 1. The number of para-hydroxylation sites is 1. The standard InChI is InChI=1S/C13H16N2O3/c1-14(10-7-8-10)13(18)15(9-12(16)17)11-5-3-2-4-6-11/h2-6,10H,7-9H2,1H3,(H,16,17). The molecule has 5 nitrogen and oxygen atoms in total. The molecular formula is C13H16N2O3. The first-order valence-corrected chi connectivity index (χ1v) is 5.91. The summed E-state index contributed by atoms with van der Waals surface area (Å²) in [6.45, 7) is -0.320. The maximum atomic E-state index is 12.2. The van der Waals surface area contributed by atoms with Crippen LogP contribution in [0.25, 0.3) is 0 Å². The fourth-order valence-electron chi connectivity index (χ4n) is 1.82. The number of urea groups is 1. The van der Waals surface area contributed by atoms with Crippen molar-refractivity contribution in [2.24, 2.45) is 0 Å². The fourth-order valence-corrected chi connectivity index (χ4v) is 1.82. The van der Waals surface area contributed by atoms with Crippen LogP contribution >= 0.6 is 0 Å². The van der Waals surface area contributed by atoms with Gasteiger partial charge in [-0.2, -0.15) is 0 Å². The van der Waals surface area contributed by atoms with Crippen LogP contribution in [0.5, 0.6) is 0 Å². The van der Waals surface area contributed by atoms with Crippen LogP contribution in [0.3, 0.4) is 0 Å². The molecule has 0 spiro atoms. The van der Waals surface area contributed by atoms with E-state index in [1.165, 1.54) is 4.90 Å². The third-order valence-corrected chi connectivity index (χ3v) is 2.99. The minimum atomic E-state index is -1.02. The molecule has 0 heterocycles. The first-order chi connectivity index (χ1) is 8.59. The van der Waals surface area contributed by atoms with Crippen LogP contribution < -0.4 is 4.90 Å². The van der Waals surface area contributed by atoms with Crippen LogP contribution in [0.2, 0.25) is 0 Å². The Hall–Kier alpha value is -2.04. The van der Waals surface area contributed by atoms with E-state index in [1.54, 1.807) is 36.2 Å². The molecule has 1 aliphatic carbocycles. The summed E-state index contributed by atoms with van der Waals surface area (Å²) >= 11 is 0. The molecule has 0 atom stereocenters. The third-order valence-electron chi connectivity index (χ3n) is 2.99. The molecule has 0 aliphatic heterocycles. The van der Waals surface area contributed by atoms with Gasteiger partial charge in [-0.15, -0.1) is 0 Å². The van der Waals surface area contributed by atoms with Crippen molar-refractivity contribution in [2.75, 3.05) is 18.5 Å². The van der Waals surface area contributed by atoms with Crippen molar-refractivity contribution >= 4 is 17.7 Å². The topological polar surface area (TPSA) is 60.9 Å². The second kappa shape index (κ2) is 5.08. The Morgan fingerprint density at radius 1 is 1.28 bits per heavy atom. The maximum absolute atomic E-state index is 12.2. The van der Waals surface area contributed by atoms with E-state index in [0.29, 0.717) is 5.69 Å². The predicted molar refractivity (Wildman–Crippen MR) is 67.6 cm³/mol. The van der Waals surface area contributed by atoms with Crippen LogP contribution in [0, 0.1) is 0 Å². The van der Waals surface area contributed by atoms with E-state index in [-0.39, 0.29) is 18.6 Å². The highest BCUT2D eigenvalue weighted by atomic mass is 16.4. The van der Waals surface area contributed by atoms with Gasteiger partial charge in [0.25, 0.3) is 0 Å². The number of hydrogen-bond acceptors (Lipinski definition) is 2. The first-order valence-electron chi connectivity index (χ1n) is 5.91. The summed E-state index contributed by atoms with van der Waals surface area (Å²) in [5, 5.41) is 8.92. The molecule has 1 aromatic carbocycles. The maximum Gasteiger partial charge on any atom is 0.325 e. The zero-order chi connectivity index (χ0) is 13.1. The number of carboxylic acid groups (broad SMARTS) is 1. The van der Waals surface area contributed by atoms with E-state index in [0.717, 1.165) is 12.8 Å². The van der Waals surface area contributed by atoms with Gasteiger partial charge in [0.15, 0.2) is 0 Å². The van der Waals surface area contributed by atoms with Crippen LogP contribution in [0.1, 0.15) is 12.8 Å². The van der Waals surface area contributed by atoms with Gasteiger partial charge in [0.05, 0.1) is 0 Å². The lowest BCUT2D eigenvalue weighted by atomic mass is 10.3. The summed E-state index contributed by atoms with van der Waals surface area (Å²) in [5.41, 5.74) is 0.609. The Morgan fingerprint density at radius 2 is 1.89 bits per heavy atom. The molecule has 96 valence electrons. The molecule has 2 rings (SSSR count). The second-order valence-corrected chi connectivity index (χ2v) is 4.44. The highest BCUT2D eigenvalue weighted by Gasteiger charge is 2.33. The minimum Gasteiger partial charge on any atom is -0.480 e. The SMILES string of the molecule is CN(C(=O)N(CC(=O)O)c1ccccc1)C1CC1. The summed E-state index contributed by atoms with van der Waals surface area (Å²) < 4.78 is 0. The van der Waals surface area contributed by atoms with Gasteiger partial charge in [-0.3, -0.25) is 9.69 Å². The molecule has 1 aliphatic rings. The Balaban J connectivity index is 2.19. The smallest absolute Gasteiger partial charge is 0.325 e. The van der Waals surface area contributed by atoms with Crippen molar-refractivity contribution in [1.29, 1.82) is 0 Å². The fraction of sp³-hybridized carbons (Fsp3) is 0.385. The van der Waals surface area contributed by atoms with Crippen molar-refractivity contribution in [2.45, 2.75) is 18.9 Å². The second-order valence-electron chi connectivity index (χ2n) is 4.44. The normalized spacial score (nSPS) is 14.1. The highest BCUT2D eigenvalue weighted by Crippen LogP contribution is 2.27. The monoisotopic (exact) mass is 248 g/mol. The largest absolute Gasteiger partial charge is 0.480 e. The molecule has 0 bridgehead atoms. The molecule has 2 amide bonds. The number of carboxylic acids is 1. The molecule has 0 radical (unpaired) electrons. The predicted octanol–water partition coefficient (Wildman–Crippen LogP) is 1.79. The Labute approximate surface area is 106 Å². The van der Waals surface area contributed by atoms with Gasteiger partial charge >= 0.3 is 12.0 Å². The summed E-state index contributed by atoms with van der Waals surface area (Å²) in [6.07, 6.45) is 2.00. The van der Waals surface area contributed by atoms with E-state index in [9.17, 15) is 9.59 Å². The van der Waals surface area contributed by atoms with Gasteiger partial charge < -0.3 is 10.0 Å². The van der Waals surface area contributed by atoms with Gasteiger partial charge in [0, 0.05) is 18.8 Å². The van der Waals surface area contributed by atoms with Gasteiger partial charge in [-0.1, -0.05) is 18.2 Å². The summed E-state index contributed by atoms with van der Waals surface area (Å²) in [5.74, 6) is -1.02. The average Bonchev–Trinajstić information content (AvgIpc) is 3.19. The van der Waals surface area contributed by atoms with Gasteiger partial charge in [0.2, 0.25) is 0 Å². The van der Waals surface area contributed by atoms with E-state index in [2.05, 4.69) is 0 Å². The Bertz CT molecular complexity index is 443. The molecule has 18 heavy (non-hydrogen) atoms. The molecule has 1 fully saturated rings. The molecular weight excluding hydrogens is 232 g/mol. The number of carbonyl (C=O) groups excluding carboxylic acids is 1. The number of nitrogens with zero attached hydrogens (tertiary/aromatic N) is 2. The van der Waals surface area contributed by atoms with Gasteiger partial charge in [-0.05, 0) is 25.0 Å². The highest BCUT2D eigenvalue weighted by molar-refractivity contribution is 5.96.